The number of aryl methyl sites for hydroxylation is 2. The third kappa shape index (κ3) is 2.97. The van der Waals surface area contributed by atoms with Gasteiger partial charge in [0.2, 0.25) is 5.96 Å². The molecule has 0 bridgehead atoms. The van der Waals surface area contributed by atoms with Crippen LogP contribution in [0.15, 0.2) is 28.1 Å². The average molecular weight is 373 g/mol. The molecule has 26 heavy (non-hydrogen) atoms. The Balaban J connectivity index is 1.27. The molecule has 1 saturated carbocycles. The lowest BCUT2D eigenvalue weighted by Gasteiger charge is -2.44. The third-order valence-electron chi connectivity index (χ3n) is 6.44. The first-order valence-corrected chi connectivity index (χ1v) is 11.2. The van der Waals surface area contributed by atoms with Gasteiger partial charge in [0.25, 0.3) is 0 Å². The van der Waals surface area contributed by atoms with Crippen LogP contribution in [0.2, 0.25) is 0 Å². The molecule has 2 aliphatic heterocycles. The van der Waals surface area contributed by atoms with E-state index in [1.165, 1.54) is 43.2 Å². The number of aliphatic imine (C=N–C) groups is 1. The number of benzene rings is 1. The van der Waals surface area contributed by atoms with Gasteiger partial charge < -0.3 is 4.90 Å². The summed E-state index contributed by atoms with van der Waals surface area (Å²) in [6, 6.07) is 7.23. The highest BCUT2D eigenvalue weighted by Crippen LogP contribution is 2.28. The van der Waals surface area contributed by atoms with Crippen LogP contribution in [0.3, 0.4) is 0 Å². The lowest BCUT2D eigenvalue weighted by atomic mass is 9.91. The van der Waals surface area contributed by atoms with Crippen molar-refractivity contribution in [1.82, 2.24) is 14.1 Å². The number of guanidine groups is 1. The fourth-order valence-electron chi connectivity index (χ4n) is 4.66. The zero-order chi connectivity index (χ0) is 17.5. The number of fused-ring (bicyclic) bond motifs is 1. The molecule has 140 valence electrons. The molecule has 4 aliphatic rings. The zero-order valence-electron chi connectivity index (χ0n) is 15.4. The third-order valence-corrected chi connectivity index (χ3v) is 7.84. The molecule has 0 radical (unpaired) electrons. The molecule has 1 unspecified atom stereocenters. The molecule has 1 aromatic carbocycles. The van der Waals surface area contributed by atoms with E-state index in [0.717, 1.165) is 62.6 Å². The second kappa shape index (κ2) is 6.97. The number of rotatable bonds is 3. The van der Waals surface area contributed by atoms with E-state index in [9.17, 15) is 4.21 Å². The maximum Gasteiger partial charge on any atom is 0.209 e. The van der Waals surface area contributed by atoms with Gasteiger partial charge in [-0.15, -0.1) is 0 Å². The summed E-state index contributed by atoms with van der Waals surface area (Å²) in [6.07, 6.45) is 7.66. The summed E-state index contributed by atoms with van der Waals surface area (Å²) >= 11 is 0. The van der Waals surface area contributed by atoms with E-state index >= 15 is 0 Å². The maximum atomic E-state index is 13.2. The van der Waals surface area contributed by atoms with Crippen molar-refractivity contribution in [3.8, 4) is 0 Å². The average Bonchev–Trinajstić information content (AvgIpc) is 3.29. The first-order valence-electron chi connectivity index (χ1n) is 10.1. The lowest BCUT2D eigenvalue weighted by molar-refractivity contribution is 0.0834. The zero-order valence-corrected chi connectivity index (χ0v) is 16.2. The van der Waals surface area contributed by atoms with Gasteiger partial charge in [0.1, 0.15) is 0 Å². The summed E-state index contributed by atoms with van der Waals surface area (Å²) in [7, 11) is -1.14. The quantitative estimate of drug-likeness (QED) is 0.815. The standard InChI is InChI=1S/C20H28N4OS/c25-26(19-8-7-16-3-1-4-17(16)15-19)24-10-9-21-20(24)23-13-11-22(12-14-23)18-5-2-6-18/h7-8,15,18H,1-6,9-14H2. The summed E-state index contributed by atoms with van der Waals surface area (Å²) in [6.45, 7) is 5.77. The van der Waals surface area contributed by atoms with Gasteiger partial charge in [-0.05, 0) is 55.4 Å². The van der Waals surface area contributed by atoms with E-state index in [2.05, 4.69) is 28.0 Å². The van der Waals surface area contributed by atoms with Gasteiger partial charge in [0, 0.05) is 32.2 Å². The van der Waals surface area contributed by atoms with Crippen molar-refractivity contribution in [1.29, 1.82) is 0 Å². The van der Waals surface area contributed by atoms with Crippen LogP contribution in [0.25, 0.3) is 0 Å². The summed E-state index contributed by atoms with van der Waals surface area (Å²) in [5.74, 6) is 0.956. The molecule has 0 aromatic heterocycles. The molecule has 5 rings (SSSR count). The SMILES string of the molecule is O=S(c1ccc2c(c1)CCC2)N1CCN=C1N1CCN(C2CCC2)CC1. The molecule has 1 aromatic rings. The fraction of sp³-hybridized carbons (Fsp3) is 0.650. The van der Waals surface area contributed by atoms with E-state index in [1.54, 1.807) is 0 Å². The monoisotopic (exact) mass is 372 g/mol. The molecular formula is C20H28N4OS. The molecule has 0 spiro atoms. The first-order chi connectivity index (χ1) is 12.8. The van der Waals surface area contributed by atoms with Crippen molar-refractivity contribution in [2.75, 3.05) is 39.3 Å². The minimum Gasteiger partial charge on any atom is -0.339 e. The van der Waals surface area contributed by atoms with Crippen molar-refractivity contribution in [3.05, 3.63) is 29.3 Å². The summed E-state index contributed by atoms with van der Waals surface area (Å²) in [4.78, 5) is 10.6. The number of hydrogen-bond acceptors (Lipinski definition) is 4. The predicted molar refractivity (Wildman–Crippen MR) is 105 cm³/mol. The van der Waals surface area contributed by atoms with Crippen LogP contribution in [0.5, 0.6) is 0 Å². The van der Waals surface area contributed by atoms with Crippen molar-refractivity contribution < 1.29 is 4.21 Å². The molecule has 2 heterocycles. The largest absolute Gasteiger partial charge is 0.339 e. The Hall–Kier alpha value is -1.40. The lowest BCUT2D eigenvalue weighted by Crippen LogP contribution is -2.55. The van der Waals surface area contributed by atoms with Gasteiger partial charge in [0.05, 0.1) is 18.0 Å². The summed E-state index contributed by atoms with van der Waals surface area (Å²) in [5.41, 5.74) is 2.83. The van der Waals surface area contributed by atoms with Gasteiger partial charge in [-0.25, -0.2) is 4.21 Å². The van der Waals surface area contributed by atoms with Crippen LogP contribution in [0.4, 0.5) is 0 Å². The molecule has 2 aliphatic carbocycles. The number of hydrogen-bond donors (Lipinski definition) is 0. The highest BCUT2D eigenvalue weighted by atomic mass is 32.2. The normalized spacial score (nSPS) is 25.2. The molecule has 6 heteroatoms. The van der Waals surface area contributed by atoms with Crippen LogP contribution in [-0.2, 0) is 23.8 Å². The smallest absolute Gasteiger partial charge is 0.209 e. The Bertz CT molecular complexity index is 737. The number of nitrogens with zero attached hydrogens (tertiary/aromatic N) is 4. The minimum absolute atomic E-state index is 0.759. The summed E-state index contributed by atoms with van der Waals surface area (Å²) < 4.78 is 15.3. The maximum absolute atomic E-state index is 13.2. The minimum atomic E-state index is -1.14. The Labute approximate surface area is 158 Å². The van der Waals surface area contributed by atoms with Crippen LogP contribution >= 0.6 is 0 Å². The second-order valence-electron chi connectivity index (χ2n) is 7.92. The van der Waals surface area contributed by atoms with Gasteiger partial charge in [-0.1, -0.05) is 12.5 Å². The van der Waals surface area contributed by atoms with E-state index < -0.39 is 11.0 Å². The molecule has 0 amide bonds. The molecular weight excluding hydrogens is 344 g/mol. The molecule has 1 atom stereocenters. The predicted octanol–water partition coefficient (Wildman–Crippen LogP) is 2.04. The first kappa shape index (κ1) is 16.8. The summed E-state index contributed by atoms with van der Waals surface area (Å²) in [5, 5.41) is 0. The number of piperazine rings is 1. The van der Waals surface area contributed by atoms with E-state index in [1.807, 2.05) is 4.31 Å². The van der Waals surface area contributed by atoms with Crippen LogP contribution in [-0.4, -0.2) is 69.6 Å². The van der Waals surface area contributed by atoms with E-state index in [0.29, 0.717) is 0 Å². The van der Waals surface area contributed by atoms with Crippen molar-refractivity contribution in [3.63, 3.8) is 0 Å². The van der Waals surface area contributed by atoms with Crippen LogP contribution < -0.4 is 0 Å². The highest BCUT2D eigenvalue weighted by Gasteiger charge is 2.33. The van der Waals surface area contributed by atoms with Crippen LogP contribution in [0, 0.1) is 0 Å². The highest BCUT2D eigenvalue weighted by molar-refractivity contribution is 7.83. The van der Waals surface area contributed by atoms with Crippen molar-refractivity contribution in [2.45, 2.75) is 49.5 Å². The van der Waals surface area contributed by atoms with Gasteiger partial charge in [-0.3, -0.25) is 14.2 Å². The van der Waals surface area contributed by atoms with E-state index in [4.69, 9.17) is 4.99 Å². The molecule has 2 fully saturated rings. The Morgan fingerprint density at radius 1 is 0.962 bits per heavy atom. The van der Waals surface area contributed by atoms with Gasteiger partial charge in [0.15, 0.2) is 11.0 Å². The van der Waals surface area contributed by atoms with Crippen LogP contribution in [0.1, 0.15) is 36.8 Å². The topological polar surface area (TPSA) is 39.2 Å². The molecule has 1 saturated heterocycles. The Kier molecular flexibility index (Phi) is 4.49. The van der Waals surface area contributed by atoms with Crippen molar-refractivity contribution in [2.24, 2.45) is 4.99 Å². The Morgan fingerprint density at radius 2 is 1.77 bits per heavy atom. The Morgan fingerprint density at radius 3 is 2.54 bits per heavy atom. The molecule has 0 N–H and O–H groups in total. The second-order valence-corrected chi connectivity index (χ2v) is 9.34. The van der Waals surface area contributed by atoms with Gasteiger partial charge in [-0.2, -0.15) is 0 Å². The van der Waals surface area contributed by atoms with Crippen molar-refractivity contribution >= 4 is 16.9 Å². The van der Waals surface area contributed by atoms with Gasteiger partial charge >= 0.3 is 0 Å². The molecule has 5 nitrogen and oxygen atoms in total. The fourth-order valence-corrected chi connectivity index (χ4v) is 5.91. The van der Waals surface area contributed by atoms with E-state index in [-0.39, 0.29) is 0 Å².